The average molecular weight is 342 g/mol. The summed E-state index contributed by atoms with van der Waals surface area (Å²) < 4.78 is 18.6. The topological polar surface area (TPSA) is 99.1 Å². The van der Waals surface area contributed by atoms with Gasteiger partial charge in [0.2, 0.25) is 0 Å². The van der Waals surface area contributed by atoms with Crippen LogP contribution in [0, 0.1) is 5.82 Å². The summed E-state index contributed by atoms with van der Waals surface area (Å²) in [6.45, 7) is 6.39. The lowest BCUT2D eigenvalue weighted by Gasteiger charge is -2.26. The first-order valence-corrected chi connectivity index (χ1v) is 7.71. The Hall–Kier alpha value is -2.03. The van der Waals surface area contributed by atoms with Crippen LogP contribution >= 0.6 is 0 Å². The van der Waals surface area contributed by atoms with Gasteiger partial charge in [-0.2, -0.15) is 0 Å². The van der Waals surface area contributed by atoms with Crippen molar-refractivity contribution in [2.24, 2.45) is 0 Å². The molecule has 2 rings (SSSR count). The number of carboxylic acids is 2. The lowest BCUT2D eigenvalue weighted by atomic mass is 10.2. The molecule has 0 amide bonds. The highest BCUT2D eigenvalue weighted by Crippen LogP contribution is 2.05. The van der Waals surface area contributed by atoms with Crippen molar-refractivity contribution in [1.82, 2.24) is 10.2 Å². The van der Waals surface area contributed by atoms with Crippen molar-refractivity contribution in [2.75, 3.05) is 39.4 Å². The van der Waals surface area contributed by atoms with Gasteiger partial charge in [0, 0.05) is 25.2 Å². The number of rotatable bonds is 6. The summed E-state index contributed by atoms with van der Waals surface area (Å²) in [6.07, 6.45) is 1.09. The summed E-state index contributed by atoms with van der Waals surface area (Å²) in [6, 6.07) is 6.92. The van der Waals surface area contributed by atoms with Crippen molar-refractivity contribution < 1.29 is 28.9 Å². The van der Waals surface area contributed by atoms with Gasteiger partial charge in [0.1, 0.15) is 5.82 Å². The van der Waals surface area contributed by atoms with Crippen molar-refractivity contribution in [3.05, 3.63) is 35.6 Å². The SMILES string of the molecule is Fc1ccccc1CNCCCN1CCOCC1.O=C(O)C(=O)O. The number of benzene rings is 1. The van der Waals surface area contributed by atoms with Crippen LogP contribution < -0.4 is 5.32 Å². The van der Waals surface area contributed by atoms with Gasteiger partial charge in [-0.05, 0) is 25.6 Å². The number of halogens is 1. The predicted molar refractivity (Wildman–Crippen MR) is 85.3 cm³/mol. The van der Waals surface area contributed by atoms with E-state index in [4.69, 9.17) is 24.5 Å². The number of nitrogens with zero attached hydrogens (tertiary/aromatic N) is 1. The van der Waals surface area contributed by atoms with Crippen LogP contribution in [0.1, 0.15) is 12.0 Å². The molecule has 0 spiro atoms. The van der Waals surface area contributed by atoms with Crippen LogP contribution in [0.3, 0.4) is 0 Å². The van der Waals surface area contributed by atoms with E-state index in [1.807, 2.05) is 12.1 Å². The minimum Gasteiger partial charge on any atom is -0.473 e. The van der Waals surface area contributed by atoms with Crippen molar-refractivity contribution in [2.45, 2.75) is 13.0 Å². The summed E-state index contributed by atoms with van der Waals surface area (Å²) in [5.74, 6) is -3.77. The molecular weight excluding hydrogens is 319 g/mol. The minimum atomic E-state index is -1.82. The standard InChI is InChI=1S/C14H21FN2O.C2H2O4/c15-14-5-2-1-4-13(14)12-16-6-3-7-17-8-10-18-11-9-17;3-1(4)2(5)6/h1-2,4-5,16H,3,6-12H2;(H,3,4)(H,5,6). The second-order valence-corrected chi connectivity index (χ2v) is 5.19. The van der Waals surface area contributed by atoms with Gasteiger partial charge in [0.05, 0.1) is 13.2 Å². The van der Waals surface area contributed by atoms with E-state index in [1.165, 1.54) is 6.07 Å². The fraction of sp³-hybridized carbons (Fsp3) is 0.500. The molecule has 0 aliphatic carbocycles. The number of carbonyl (C=O) groups is 2. The number of ether oxygens (including phenoxy) is 1. The Morgan fingerprint density at radius 1 is 1.17 bits per heavy atom. The molecule has 0 unspecified atom stereocenters. The fourth-order valence-electron chi connectivity index (χ4n) is 2.12. The molecule has 0 bridgehead atoms. The predicted octanol–water partition coefficient (Wildman–Crippen LogP) is 0.793. The number of aliphatic carboxylic acids is 2. The largest absolute Gasteiger partial charge is 0.473 e. The normalized spacial score (nSPS) is 14.5. The van der Waals surface area contributed by atoms with E-state index in [1.54, 1.807) is 6.07 Å². The lowest BCUT2D eigenvalue weighted by molar-refractivity contribution is -0.159. The zero-order valence-electron chi connectivity index (χ0n) is 13.4. The molecule has 1 aromatic carbocycles. The van der Waals surface area contributed by atoms with E-state index in [2.05, 4.69) is 10.2 Å². The third-order valence-electron chi connectivity index (χ3n) is 3.39. The van der Waals surface area contributed by atoms with Crippen LogP contribution in [0.5, 0.6) is 0 Å². The Morgan fingerprint density at radius 2 is 1.79 bits per heavy atom. The molecule has 0 saturated carbocycles. The molecule has 1 heterocycles. The van der Waals surface area contributed by atoms with Gasteiger partial charge in [0.25, 0.3) is 0 Å². The zero-order chi connectivity index (χ0) is 17.8. The molecule has 1 fully saturated rings. The van der Waals surface area contributed by atoms with Crippen molar-refractivity contribution in [3.8, 4) is 0 Å². The van der Waals surface area contributed by atoms with Crippen LogP contribution in [0.15, 0.2) is 24.3 Å². The molecule has 1 aliphatic heterocycles. The highest BCUT2D eigenvalue weighted by molar-refractivity contribution is 6.27. The van der Waals surface area contributed by atoms with E-state index in [9.17, 15) is 4.39 Å². The Bertz CT molecular complexity index is 509. The van der Waals surface area contributed by atoms with Gasteiger partial charge in [-0.15, -0.1) is 0 Å². The third-order valence-corrected chi connectivity index (χ3v) is 3.39. The molecule has 0 atom stereocenters. The molecular formula is C16H23FN2O5. The quantitative estimate of drug-likeness (QED) is 0.519. The number of nitrogens with one attached hydrogen (secondary N) is 1. The monoisotopic (exact) mass is 342 g/mol. The molecule has 7 nitrogen and oxygen atoms in total. The summed E-state index contributed by atoms with van der Waals surface area (Å²) in [5, 5.41) is 18.1. The van der Waals surface area contributed by atoms with E-state index >= 15 is 0 Å². The minimum absolute atomic E-state index is 0.127. The molecule has 24 heavy (non-hydrogen) atoms. The van der Waals surface area contributed by atoms with E-state index in [0.29, 0.717) is 6.54 Å². The summed E-state index contributed by atoms with van der Waals surface area (Å²) in [5.41, 5.74) is 0.740. The van der Waals surface area contributed by atoms with Gasteiger partial charge in [-0.25, -0.2) is 14.0 Å². The molecule has 0 radical (unpaired) electrons. The summed E-state index contributed by atoms with van der Waals surface area (Å²) in [4.78, 5) is 20.6. The second kappa shape index (κ2) is 11.5. The Kier molecular flexibility index (Phi) is 9.59. The van der Waals surface area contributed by atoms with Gasteiger partial charge < -0.3 is 20.3 Å². The van der Waals surface area contributed by atoms with Gasteiger partial charge >= 0.3 is 11.9 Å². The molecule has 3 N–H and O–H groups in total. The van der Waals surface area contributed by atoms with Crippen LogP contribution in [0.2, 0.25) is 0 Å². The van der Waals surface area contributed by atoms with Gasteiger partial charge in [-0.3, -0.25) is 4.90 Å². The molecule has 134 valence electrons. The van der Waals surface area contributed by atoms with Crippen molar-refractivity contribution in [1.29, 1.82) is 0 Å². The Morgan fingerprint density at radius 3 is 2.38 bits per heavy atom. The Balaban J connectivity index is 0.000000413. The molecule has 1 aromatic rings. The fourth-order valence-corrected chi connectivity index (χ4v) is 2.12. The van der Waals surface area contributed by atoms with Crippen LogP contribution in [0.4, 0.5) is 4.39 Å². The van der Waals surface area contributed by atoms with Crippen molar-refractivity contribution >= 4 is 11.9 Å². The van der Waals surface area contributed by atoms with Crippen LogP contribution in [-0.4, -0.2) is 66.4 Å². The highest BCUT2D eigenvalue weighted by atomic mass is 19.1. The van der Waals surface area contributed by atoms with Crippen LogP contribution in [-0.2, 0) is 20.9 Å². The Labute approximate surface area is 140 Å². The number of hydrogen-bond acceptors (Lipinski definition) is 5. The van der Waals surface area contributed by atoms with Gasteiger partial charge in [0.15, 0.2) is 0 Å². The molecule has 8 heteroatoms. The first-order valence-electron chi connectivity index (χ1n) is 7.71. The zero-order valence-corrected chi connectivity index (χ0v) is 13.4. The molecule has 1 saturated heterocycles. The first kappa shape index (κ1) is 20.0. The molecule has 1 aliphatic rings. The maximum atomic E-state index is 13.3. The second-order valence-electron chi connectivity index (χ2n) is 5.19. The van der Waals surface area contributed by atoms with E-state index in [0.717, 1.165) is 51.4 Å². The lowest BCUT2D eigenvalue weighted by Crippen LogP contribution is -2.37. The van der Waals surface area contributed by atoms with Crippen molar-refractivity contribution in [3.63, 3.8) is 0 Å². The smallest absolute Gasteiger partial charge is 0.414 e. The van der Waals surface area contributed by atoms with Gasteiger partial charge in [-0.1, -0.05) is 18.2 Å². The average Bonchev–Trinajstić information content (AvgIpc) is 2.57. The van der Waals surface area contributed by atoms with Crippen LogP contribution in [0.25, 0.3) is 0 Å². The summed E-state index contributed by atoms with van der Waals surface area (Å²) in [7, 11) is 0. The first-order chi connectivity index (χ1) is 11.5. The number of carboxylic acid groups (broad SMARTS) is 2. The van der Waals surface area contributed by atoms with E-state index in [-0.39, 0.29) is 5.82 Å². The number of hydrogen-bond donors (Lipinski definition) is 3. The highest BCUT2D eigenvalue weighted by Gasteiger charge is 2.09. The number of morpholine rings is 1. The summed E-state index contributed by atoms with van der Waals surface area (Å²) >= 11 is 0. The third kappa shape index (κ3) is 8.56. The van der Waals surface area contributed by atoms with E-state index < -0.39 is 11.9 Å². The molecule has 0 aromatic heterocycles. The maximum Gasteiger partial charge on any atom is 0.414 e. The maximum absolute atomic E-state index is 13.3.